The first kappa shape index (κ1) is 16.9. The Bertz CT molecular complexity index is 580. The highest BCUT2D eigenvalue weighted by Gasteiger charge is 2.28. The van der Waals surface area contributed by atoms with Crippen LogP contribution in [0.2, 0.25) is 10.0 Å². The Hall–Kier alpha value is -1.46. The normalized spacial score (nSPS) is 19.6. The van der Waals surface area contributed by atoms with Gasteiger partial charge in [0.2, 0.25) is 0 Å². The molecule has 2 N–H and O–H groups in total. The lowest BCUT2D eigenvalue weighted by Gasteiger charge is -2.32. The molecule has 1 aromatic rings. The van der Waals surface area contributed by atoms with Gasteiger partial charge in [0.05, 0.1) is 22.0 Å². The van der Waals surface area contributed by atoms with E-state index in [0.29, 0.717) is 29.4 Å². The lowest BCUT2D eigenvalue weighted by atomic mass is 9.98. The van der Waals surface area contributed by atoms with Gasteiger partial charge in [-0.25, -0.2) is 4.79 Å². The number of carbonyl (C=O) groups is 2. The highest BCUT2D eigenvalue weighted by molar-refractivity contribution is 6.42. The molecule has 1 fully saturated rings. The van der Waals surface area contributed by atoms with Crippen molar-refractivity contribution in [2.75, 3.05) is 13.1 Å². The first-order valence-corrected chi connectivity index (χ1v) is 7.88. The van der Waals surface area contributed by atoms with Crippen LogP contribution < -0.4 is 5.32 Å². The monoisotopic (exact) mass is 344 g/mol. The number of aliphatic carboxylic acids is 1. The Labute approximate surface area is 139 Å². The van der Waals surface area contributed by atoms with Gasteiger partial charge in [-0.2, -0.15) is 0 Å². The van der Waals surface area contributed by atoms with Gasteiger partial charge >= 0.3 is 12.0 Å². The number of carbonyl (C=O) groups excluding carboxylic acids is 1. The second-order valence-electron chi connectivity index (χ2n) is 5.44. The fraction of sp³-hybridized carbons (Fsp3) is 0.467. The van der Waals surface area contributed by atoms with E-state index in [1.165, 1.54) is 4.90 Å². The fourth-order valence-electron chi connectivity index (χ4n) is 2.57. The molecule has 0 saturated carbocycles. The second-order valence-corrected chi connectivity index (χ2v) is 6.22. The van der Waals surface area contributed by atoms with E-state index in [4.69, 9.17) is 28.3 Å². The molecular formula is C15H18Cl2N2O3. The summed E-state index contributed by atoms with van der Waals surface area (Å²) in [5, 5.41) is 12.8. The summed E-state index contributed by atoms with van der Waals surface area (Å²) in [6.45, 7) is 2.61. The minimum Gasteiger partial charge on any atom is -0.481 e. The van der Waals surface area contributed by atoms with E-state index >= 15 is 0 Å². The van der Waals surface area contributed by atoms with Crippen molar-refractivity contribution in [2.45, 2.75) is 25.8 Å². The minimum absolute atomic E-state index is 0.233. The third-order valence-corrected chi connectivity index (χ3v) is 4.68. The average molecular weight is 345 g/mol. The van der Waals surface area contributed by atoms with Crippen LogP contribution in [-0.4, -0.2) is 35.1 Å². The molecule has 2 unspecified atom stereocenters. The lowest BCUT2D eigenvalue weighted by molar-refractivity contribution is -0.143. The van der Waals surface area contributed by atoms with Crippen LogP contribution in [0.5, 0.6) is 0 Å². The molecule has 22 heavy (non-hydrogen) atoms. The third-order valence-electron chi connectivity index (χ3n) is 3.85. The molecule has 1 aliphatic heterocycles. The van der Waals surface area contributed by atoms with Crippen LogP contribution >= 0.6 is 23.2 Å². The van der Waals surface area contributed by atoms with Gasteiger partial charge in [-0.15, -0.1) is 0 Å². The molecule has 2 atom stereocenters. The van der Waals surface area contributed by atoms with Gasteiger partial charge in [-0.1, -0.05) is 35.3 Å². The van der Waals surface area contributed by atoms with E-state index < -0.39 is 11.9 Å². The van der Waals surface area contributed by atoms with Gasteiger partial charge in [-0.3, -0.25) is 4.79 Å². The molecule has 1 aromatic carbocycles. The molecule has 2 amide bonds. The van der Waals surface area contributed by atoms with Crippen molar-refractivity contribution in [1.29, 1.82) is 0 Å². The Morgan fingerprint density at radius 2 is 2.14 bits per heavy atom. The van der Waals surface area contributed by atoms with Crippen LogP contribution in [0.3, 0.4) is 0 Å². The van der Waals surface area contributed by atoms with Gasteiger partial charge in [0.25, 0.3) is 0 Å². The zero-order valence-electron chi connectivity index (χ0n) is 12.2. The average Bonchev–Trinajstić information content (AvgIpc) is 2.50. The van der Waals surface area contributed by atoms with Crippen molar-refractivity contribution in [3.05, 3.63) is 33.8 Å². The van der Waals surface area contributed by atoms with Crippen molar-refractivity contribution in [3.63, 3.8) is 0 Å². The van der Waals surface area contributed by atoms with E-state index in [9.17, 15) is 9.59 Å². The summed E-state index contributed by atoms with van der Waals surface area (Å²) in [6, 6.07) is 4.66. The third kappa shape index (κ3) is 3.84. The summed E-state index contributed by atoms with van der Waals surface area (Å²) >= 11 is 12.1. The number of likely N-dealkylation sites (tertiary alicyclic amines) is 1. The summed E-state index contributed by atoms with van der Waals surface area (Å²) < 4.78 is 0. The number of hydrogen-bond acceptors (Lipinski definition) is 2. The largest absolute Gasteiger partial charge is 0.481 e. The highest BCUT2D eigenvalue weighted by atomic mass is 35.5. The summed E-state index contributed by atoms with van der Waals surface area (Å²) in [6.07, 6.45) is 1.30. The van der Waals surface area contributed by atoms with Crippen molar-refractivity contribution in [2.24, 2.45) is 5.92 Å². The molecule has 0 bridgehead atoms. The smallest absolute Gasteiger partial charge is 0.317 e. The predicted octanol–water partition coefficient (Wildman–Crippen LogP) is 3.56. The van der Waals surface area contributed by atoms with Gasteiger partial charge in [0.15, 0.2) is 0 Å². The van der Waals surface area contributed by atoms with Crippen LogP contribution in [0.15, 0.2) is 18.2 Å². The van der Waals surface area contributed by atoms with E-state index in [0.717, 1.165) is 5.56 Å². The van der Waals surface area contributed by atoms with E-state index in [-0.39, 0.29) is 18.6 Å². The van der Waals surface area contributed by atoms with E-state index in [2.05, 4.69) is 5.32 Å². The SMILES string of the molecule is CC(NC(=O)N1CCCC(C(=O)O)C1)c1cccc(Cl)c1Cl. The molecule has 1 saturated heterocycles. The molecular weight excluding hydrogens is 327 g/mol. The first-order valence-electron chi connectivity index (χ1n) is 7.12. The number of benzene rings is 1. The number of nitrogens with zero attached hydrogens (tertiary/aromatic N) is 1. The van der Waals surface area contributed by atoms with Crippen LogP contribution in [0, 0.1) is 5.92 Å². The molecule has 0 aliphatic carbocycles. The summed E-state index contributed by atoms with van der Waals surface area (Å²) in [5.74, 6) is -1.35. The van der Waals surface area contributed by atoms with Gasteiger partial charge in [0.1, 0.15) is 0 Å². The number of carboxylic acid groups (broad SMARTS) is 1. The molecule has 5 nitrogen and oxygen atoms in total. The predicted molar refractivity (Wildman–Crippen MR) is 85.3 cm³/mol. The number of nitrogens with one attached hydrogen (secondary N) is 1. The Morgan fingerprint density at radius 3 is 2.82 bits per heavy atom. The highest BCUT2D eigenvalue weighted by Crippen LogP contribution is 2.30. The molecule has 0 radical (unpaired) electrons. The maximum atomic E-state index is 12.3. The van der Waals surface area contributed by atoms with Gasteiger partial charge in [-0.05, 0) is 31.4 Å². The number of piperidine rings is 1. The Balaban J connectivity index is 2.02. The Kier molecular flexibility index (Phi) is 5.53. The van der Waals surface area contributed by atoms with Crippen LogP contribution in [0.4, 0.5) is 4.79 Å². The van der Waals surface area contributed by atoms with Crippen molar-refractivity contribution >= 4 is 35.2 Å². The van der Waals surface area contributed by atoms with Crippen LogP contribution in [-0.2, 0) is 4.79 Å². The molecule has 120 valence electrons. The molecule has 2 rings (SSSR count). The van der Waals surface area contributed by atoms with Crippen molar-refractivity contribution < 1.29 is 14.7 Å². The van der Waals surface area contributed by atoms with Crippen molar-refractivity contribution in [1.82, 2.24) is 10.2 Å². The summed E-state index contributed by atoms with van der Waals surface area (Å²) in [5.41, 5.74) is 0.731. The number of rotatable bonds is 3. The molecule has 1 heterocycles. The number of carboxylic acids is 1. The molecule has 0 aromatic heterocycles. The quantitative estimate of drug-likeness (QED) is 0.880. The zero-order valence-corrected chi connectivity index (χ0v) is 13.7. The summed E-state index contributed by atoms with van der Waals surface area (Å²) in [7, 11) is 0. The van der Waals surface area contributed by atoms with E-state index in [1.807, 2.05) is 6.92 Å². The summed E-state index contributed by atoms with van der Waals surface area (Å²) in [4.78, 5) is 24.9. The van der Waals surface area contributed by atoms with Gasteiger partial charge in [0, 0.05) is 13.1 Å². The minimum atomic E-state index is -0.858. The molecule has 1 aliphatic rings. The molecule has 0 spiro atoms. The lowest BCUT2D eigenvalue weighted by Crippen LogP contribution is -2.47. The van der Waals surface area contributed by atoms with E-state index in [1.54, 1.807) is 18.2 Å². The van der Waals surface area contributed by atoms with Gasteiger partial charge < -0.3 is 15.3 Å². The zero-order chi connectivity index (χ0) is 16.3. The fourth-order valence-corrected chi connectivity index (χ4v) is 3.04. The maximum absolute atomic E-state index is 12.3. The standard InChI is InChI=1S/C15H18Cl2N2O3/c1-9(11-5-2-6-12(16)13(11)17)18-15(22)19-7-3-4-10(8-19)14(20)21/h2,5-6,9-10H,3-4,7-8H2,1H3,(H,18,22)(H,20,21). The number of amides is 2. The number of halogens is 2. The first-order chi connectivity index (χ1) is 10.4. The number of urea groups is 1. The van der Waals surface area contributed by atoms with Crippen LogP contribution in [0.25, 0.3) is 0 Å². The topological polar surface area (TPSA) is 69.6 Å². The Morgan fingerprint density at radius 1 is 1.41 bits per heavy atom. The number of hydrogen-bond donors (Lipinski definition) is 2. The molecule has 7 heteroatoms. The van der Waals surface area contributed by atoms with Crippen molar-refractivity contribution in [3.8, 4) is 0 Å². The maximum Gasteiger partial charge on any atom is 0.317 e. The second kappa shape index (κ2) is 7.20. The van der Waals surface area contributed by atoms with Crippen LogP contribution in [0.1, 0.15) is 31.4 Å².